The van der Waals surface area contributed by atoms with Crippen molar-refractivity contribution in [2.24, 2.45) is 0 Å². The van der Waals surface area contributed by atoms with Crippen LogP contribution < -0.4 is 4.90 Å². The molecule has 0 aliphatic heterocycles. The van der Waals surface area contributed by atoms with Gasteiger partial charge < -0.3 is 13.9 Å². The summed E-state index contributed by atoms with van der Waals surface area (Å²) in [6, 6.07) is 73.4. The molecule has 0 aliphatic rings. The Morgan fingerprint density at radius 2 is 1.12 bits per heavy atom. The summed E-state index contributed by atoms with van der Waals surface area (Å²) in [7, 11) is 0. The van der Waals surface area contributed by atoms with Crippen molar-refractivity contribution in [2.45, 2.75) is 6.54 Å². The number of para-hydroxylation sites is 3. The van der Waals surface area contributed by atoms with Gasteiger partial charge in [-0.2, -0.15) is 0 Å². The number of aromatic nitrogens is 2. The average Bonchev–Trinajstić information content (AvgIpc) is 3.85. The minimum absolute atomic E-state index is 0.593. The van der Waals surface area contributed by atoms with Crippen molar-refractivity contribution >= 4 is 55.1 Å². The molecule has 0 spiro atoms. The van der Waals surface area contributed by atoms with E-state index in [1.807, 2.05) is 18.3 Å². The number of hydrogen-bond donors (Lipinski definition) is 0. The van der Waals surface area contributed by atoms with Crippen LogP contribution in [0.3, 0.4) is 0 Å². The van der Waals surface area contributed by atoms with Crippen LogP contribution in [-0.2, 0) is 6.54 Å². The highest BCUT2D eigenvalue weighted by atomic mass is 16.3. The Kier molecular flexibility index (Phi) is 8.18. The van der Waals surface area contributed by atoms with E-state index in [4.69, 9.17) is 9.40 Å². The summed E-state index contributed by atoms with van der Waals surface area (Å²) >= 11 is 0. The van der Waals surface area contributed by atoms with E-state index >= 15 is 0 Å². The van der Waals surface area contributed by atoms with Crippen molar-refractivity contribution < 1.29 is 4.42 Å². The quantitative estimate of drug-likeness (QED) is 0.155. The van der Waals surface area contributed by atoms with Gasteiger partial charge in [0.25, 0.3) is 0 Å². The number of pyridine rings is 1. The number of fused-ring (bicyclic) bond motifs is 6. The van der Waals surface area contributed by atoms with Gasteiger partial charge in [-0.3, -0.25) is 4.98 Å². The van der Waals surface area contributed by atoms with Crippen LogP contribution in [-0.4, -0.2) is 9.55 Å². The fourth-order valence-electron chi connectivity index (χ4n) is 8.61. The van der Waals surface area contributed by atoms with Gasteiger partial charge in [-0.1, -0.05) is 133 Å². The molecule has 58 heavy (non-hydrogen) atoms. The fraction of sp³-hybridized carbons (Fsp3) is 0.0185. The molecule has 3 heterocycles. The first-order chi connectivity index (χ1) is 28.8. The first kappa shape index (κ1) is 33.6. The van der Waals surface area contributed by atoms with Crippen molar-refractivity contribution in [3.05, 3.63) is 218 Å². The molecule has 0 fully saturated rings. The minimum Gasteiger partial charge on any atom is -0.456 e. The predicted octanol–water partition coefficient (Wildman–Crippen LogP) is 14.4. The third-order valence-electron chi connectivity index (χ3n) is 11.4. The van der Waals surface area contributed by atoms with E-state index < -0.39 is 0 Å². The van der Waals surface area contributed by atoms with Gasteiger partial charge in [0, 0.05) is 45.8 Å². The molecule has 3 aromatic heterocycles. The summed E-state index contributed by atoms with van der Waals surface area (Å²) in [6.45, 7) is 0.593. The van der Waals surface area contributed by atoms with Crippen LogP contribution in [0.15, 0.2) is 217 Å². The minimum atomic E-state index is 0.593. The van der Waals surface area contributed by atoms with Crippen LogP contribution in [0.25, 0.3) is 82.9 Å². The highest BCUT2D eigenvalue weighted by molar-refractivity contribution is 6.12. The molecule has 0 amide bonds. The smallest absolute Gasteiger partial charge is 0.137 e. The average molecular weight is 744 g/mol. The van der Waals surface area contributed by atoms with E-state index in [9.17, 15) is 0 Å². The monoisotopic (exact) mass is 743 g/mol. The van der Waals surface area contributed by atoms with Crippen LogP contribution in [0.2, 0.25) is 0 Å². The van der Waals surface area contributed by atoms with Crippen LogP contribution >= 0.6 is 0 Å². The third kappa shape index (κ3) is 5.82. The van der Waals surface area contributed by atoms with Crippen LogP contribution in [0.5, 0.6) is 0 Å². The second-order valence-corrected chi connectivity index (χ2v) is 14.8. The van der Waals surface area contributed by atoms with Gasteiger partial charge in [0.1, 0.15) is 11.2 Å². The highest BCUT2D eigenvalue weighted by Crippen LogP contribution is 2.42. The normalized spacial score (nSPS) is 11.5. The van der Waals surface area contributed by atoms with Crippen molar-refractivity contribution in [1.82, 2.24) is 9.55 Å². The predicted molar refractivity (Wildman–Crippen MR) is 241 cm³/mol. The largest absolute Gasteiger partial charge is 0.456 e. The van der Waals surface area contributed by atoms with Gasteiger partial charge in [0.2, 0.25) is 0 Å². The summed E-state index contributed by atoms with van der Waals surface area (Å²) < 4.78 is 8.82. The summed E-state index contributed by atoms with van der Waals surface area (Å²) in [5.74, 6) is 0. The van der Waals surface area contributed by atoms with Crippen molar-refractivity contribution in [2.75, 3.05) is 4.90 Å². The van der Waals surface area contributed by atoms with E-state index in [-0.39, 0.29) is 0 Å². The second-order valence-electron chi connectivity index (χ2n) is 14.8. The lowest BCUT2D eigenvalue weighted by molar-refractivity contribution is 0.669. The number of hydrogen-bond acceptors (Lipinski definition) is 3. The zero-order valence-corrected chi connectivity index (χ0v) is 31.7. The summed E-state index contributed by atoms with van der Waals surface area (Å²) in [4.78, 5) is 7.30. The Morgan fingerprint density at radius 3 is 1.95 bits per heavy atom. The van der Waals surface area contributed by atoms with Gasteiger partial charge in [-0.15, -0.1) is 0 Å². The Labute approximate surface area is 336 Å². The lowest BCUT2D eigenvalue weighted by atomic mass is 9.95. The second kappa shape index (κ2) is 14.1. The molecule has 11 aromatic rings. The molecule has 0 aliphatic carbocycles. The zero-order chi connectivity index (χ0) is 38.4. The lowest BCUT2D eigenvalue weighted by Gasteiger charge is -2.28. The molecule has 0 atom stereocenters. The number of benzene rings is 8. The fourth-order valence-corrected chi connectivity index (χ4v) is 8.61. The molecular formula is C54H37N3O. The Bertz CT molecular complexity index is 3240. The van der Waals surface area contributed by atoms with Gasteiger partial charge in [0.05, 0.1) is 27.8 Å². The van der Waals surface area contributed by atoms with Crippen molar-refractivity contribution in [3.63, 3.8) is 0 Å². The summed E-state index contributed by atoms with van der Waals surface area (Å²) in [5, 5.41) is 4.67. The molecule has 0 unspecified atom stereocenters. The van der Waals surface area contributed by atoms with E-state index in [0.29, 0.717) is 6.54 Å². The van der Waals surface area contributed by atoms with Crippen molar-refractivity contribution in [3.8, 4) is 39.2 Å². The molecule has 11 rings (SSSR count). The van der Waals surface area contributed by atoms with E-state index in [0.717, 1.165) is 66.9 Å². The highest BCUT2D eigenvalue weighted by Gasteiger charge is 2.21. The van der Waals surface area contributed by atoms with E-state index in [2.05, 4.69) is 204 Å². The summed E-state index contributed by atoms with van der Waals surface area (Å²) in [5.41, 5.74) is 15.3. The Balaban J connectivity index is 1.10. The van der Waals surface area contributed by atoms with Gasteiger partial charge in [-0.05, 0) is 101 Å². The molecule has 0 saturated carbocycles. The maximum atomic E-state index is 6.44. The van der Waals surface area contributed by atoms with Crippen LogP contribution in [0.4, 0.5) is 11.4 Å². The molecule has 0 N–H and O–H groups in total. The number of rotatable bonds is 8. The Morgan fingerprint density at radius 1 is 0.466 bits per heavy atom. The Hall–Kier alpha value is -7.69. The van der Waals surface area contributed by atoms with Gasteiger partial charge >= 0.3 is 0 Å². The number of anilines is 2. The van der Waals surface area contributed by atoms with E-state index in [1.54, 1.807) is 0 Å². The molecule has 4 heteroatoms. The topological polar surface area (TPSA) is 34.2 Å². The summed E-state index contributed by atoms with van der Waals surface area (Å²) in [6.07, 6.45) is 1.88. The maximum absolute atomic E-state index is 6.44. The third-order valence-corrected chi connectivity index (χ3v) is 11.4. The first-order valence-electron chi connectivity index (χ1n) is 19.7. The molecule has 0 saturated heterocycles. The molecule has 274 valence electrons. The molecular weight excluding hydrogens is 707 g/mol. The first-order valence-corrected chi connectivity index (χ1v) is 19.7. The van der Waals surface area contributed by atoms with Gasteiger partial charge in [-0.25, -0.2) is 0 Å². The molecule has 4 nitrogen and oxygen atoms in total. The zero-order valence-electron chi connectivity index (χ0n) is 31.7. The maximum Gasteiger partial charge on any atom is 0.137 e. The molecule has 0 bridgehead atoms. The lowest BCUT2D eigenvalue weighted by Crippen LogP contribution is -2.17. The van der Waals surface area contributed by atoms with Gasteiger partial charge in [0.15, 0.2) is 0 Å². The van der Waals surface area contributed by atoms with E-state index in [1.165, 1.54) is 32.9 Å². The number of furan rings is 1. The molecule has 0 radical (unpaired) electrons. The molecule has 8 aromatic carbocycles. The standard InChI is InChI=1S/C54H37N3O/c1-3-14-37(15-4-1)38-25-29-42(30-26-38)56(50-22-13-24-53-54(50)47-19-8-10-23-52(47)58-53)36-41-34-39(27-31-44(41)48-20-11-12-33-55-48)40-28-32-46-45-18-7-9-21-49(45)57(51(46)35-40)43-16-5-2-6-17-43/h1-35H,36H2. The van der Waals surface area contributed by atoms with Crippen LogP contribution in [0.1, 0.15) is 5.56 Å². The van der Waals surface area contributed by atoms with Crippen molar-refractivity contribution in [1.29, 1.82) is 0 Å². The van der Waals surface area contributed by atoms with Crippen LogP contribution in [0, 0.1) is 0 Å². The SMILES string of the molecule is c1ccc(-c2ccc(N(Cc3cc(-c4ccc5c6ccccc6n(-c6ccccc6)c5c4)ccc3-c3ccccn3)c3cccc4oc5ccccc5c34)cc2)cc1. The number of nitrogens with zero attached hydrogens (tertiary/aromatic N) is 3.